The molecule has 2 N–H and O–H groups in total. The Labute approximate surface area is 179 Å². The van der Waals surface area contributed by atoms with E-state index in [0.29, 0.717) is 5.92 Å². The van der Waals surface area contributed by atoms with Gasteiger partial charge in [0.1, 0.15) is 0 Å². The molecule has 160 valence electrons. The first kappa shape index (κ1) is 24.9. The minimum Gasteiger partial charge on any atom is -0.398 e. The zero-order chi connectivity index (χ0) is 22.4. The molecule has 0 aromatic carbocycles. The lowest BCUT2D eigenvalue weighted by Gasteiger charge is -2.35. The second-order valence-corrected chi connectivity index (χ2v) is 9.43. The van der Waals surface area contributed by atoms with Crippen LogP contribution < -0.4 is 5.73 Å². The third-order valence-corrected chi connectivity index (χ3v) is 5.83. The van der Waals surface area contributed by atoms with E-state index in [4.69, 9.17) is 5.73 Å². The zero-order valence-electron chi connectivity index (χ0n) is 20.0. The quantitative estimate of drug-likeness (QED) is 0.356. The van der Waals surface area contributed by atoms with Gasteiger partial charge in [0.05, 0.1) is 0 Å². The molecule has 1 aliphatic carbocycles. The highest BCUT2D eigenvalue weighted by molar-refractivity contribution is 6.02. The SMILES string of the molecule is C=C(/C=C\C=C/C)C(C(=C)/C(N)=C1/CC(C)(C)CCC1=NC)C(=C(C)C)C(C)C. The van der Waals surface area contributed by atoms with Crippen molar-refractivity contribution in [2.75, 3.05) is 7.05 Å². The molecular weight excluding hydrogens is 352 g/mol. The van der Waals surface area contributed by atoms with Gasteiger partial charge in [-0.15, -0.1) is 0 Å². The number of nitrogens with zero attached hydrogens (tertiary/aromatic N) is 1. The van der Waals surface area contributed by atoms with Crippen molar-refractivity contribution in [3.63, 3.8) is 0 Å². The fourth-order valence-electron chi connectivity index (χ4n) is 4.32. The van der Waals surface area contributed by atoms with Crippen molar-refractivity contribution in [3.8, 4) is 0 Å². The smallest absolute Gasteiger partial charge is 0.0401 e. The van der Waals surface area contributed by atoms with Gasteiger partial charge < -0.3 is 5.73 Å². The highest BCUT2D eigenvalue weighted by Gasteiger charge is 2.32. The maximum atomic E-state index is 6.81. The molecule has 1 atom stereocenters. The molecule has 1 unspecified atom stereocenters. The predicted molar refractivity (Wildman–Crippen MR) is 131 cm³/mol. The Bertz CT molecular complexity index is 775. The average molecular weight is 395 g/mol. The third-order valence-electron chi connectivity index (χ3n) is 5.83. The van der Waals surface area contributed by atoms with E-state index in [2.05, 4.69) is 65.8 Å². The summed E-state index contributed by atoms with van der Waals surface area (Å²) in [5.41, 5.74) is 14.7. The largest absolute Gasteiger partial charge is 0.398 e. The van der Waals surface area contributed by atoms with Gasteiger partial charge in [0.25, 0.3) is 0 Å². The summed E-state index contributed by atoms with van der Waals surface area (Å²) in [4.78, 5) is 4.56. The first-order chi connectivity index (χ1) is 13.5. The van der Waals surface area contributed by atoms with Crippen LogP contribution in [0.3, 0.4) is 0 Å². The summed E-state index contributed by atoms with van der Waals surface area (Å²) in [5.74, 6) is 0.380. The molecule has 0 heterocycles. The number of rotatable bonds is 7. The highest BCUT2D eigenvalue weighted by atomic mass is 14.7. The van der Waals surface area contributed by atoms with Crippen LogP contribution in [0.25, 0.3) is 0 Å². The average Bonchev–Trinajstić information content (AvgIpc) is 2.63. The lowest BCUT2D eigenvalue weighted by atomic mass is 9.71. The van der Waals surface area contributed by atoms with Crippen LogP contribution in [0, 0.1) is 17.3 Å². The van der Waals surface area contributed by atoms with E-state index in [1.165, 1.54) is 16.7 Å². The monoisotopic (exact) mass is 394 g/mol. The third kappa shape index (κ3) is 6.45. The van der Waals surface area contributed by atoms with Crippen molar-refractivity contribution >= 4 is 5.71 Å². The van der Waals surface area contributed by atoms with Gasteiger partial charge in [-0.1, -0.05) is 76.3 Å². The van der Waals surface area contributed by atoms with Crippen molar-refractivity contribution < 1.29 is 0 Å². The maximum absolute atomic E-state index is 6.81. The first-order valence-electron chi connectivity index (χ1n) is 10.8. The Morgan fingerprint density at radius 3 is 2.28 bits per heavy atom. The molecule has 0 spiro atoms. The summed E-state index contributed by atoms with van der Waals surface area (Å²) in [5, 5.41) is 0. The molecule has 1 aliphatic rings. The fraction of sp³-hybridized carbons (Fsp3) is 0.519. The predicted octanol–water partition coefficient (Wildman–Crippen LogP) is 7.33. The minimum atomic E-state index is -0.00264. The van der Waals surface area contributed by atoms with E-state index in [1.807, 2.05) is 32.2 Å². The number of nitrogens with two attached hydrogens (primary N) is 1. The number of hydrogen-bond donors (Lipinski definition) is 1. The van der Waals surface area contributed by atoms with E-state index in [9.17, 15) is 0 Å². The van der Waals surface area contributed by atoms with E-state index in [-0.39, 0.29) is 11.3 Å². The van der Waals surface area contributed by atoms with E-state index in [0.717, 1.165) is 41.8 Å². The minimum absolute atomic E-state index is 0.00264. The van der Waals surface area contributed by atoms with Crippen LogP contribution in [-0.2, 0) is 0 Å². The van der Waals surface area contributed by atoms with Crippen LogP contribution in [0.4, 0.5) is 0 Å². The summed E-state index contributed by atoms with van der Waals surface area (Å²) in [6.45, 7) is 24.3. The van der Waals surface area contributed by atoms with E-state index in [1.54, 1.807) is 0 Å². The van der Waals surface area contributed by atoms with E-state index < -0.39 is 0 Å². The van der Waals surface area contributed by atoms with Crippen LogP contribution >= 0.6 is 0 Å². The normalized spacial score (nSPS) is 21.1. The fourth-order valence-corrected chi connectivity index (χ4v) is 4.32. The Morgan fingerprint density at radius 2 is 1.79 bits per heavy atom. The van der Waals surface area contributed by atoms with Crippen LogP contribution in [0.5, 0.6) is 0 Å². The van der Waals surface area contributed by atoms with Gasteiger partial charge in [-0.25, -0.2) is 0 Å². The molecule has 0 saturated heterocycles. The molecule has 0 radical (unpaired) electrons. The summed E-state index contributed by atoms with van der Waals surface area (Å²) in [6, 6.07) is 0. The second kappa shape index (κ2) is 10.6. The summed E-state index contributed by atoms with van der Waals surface area (Å²) < 4.78 is 0. The molecule has 0 aromatic heterocycles. The second-order valence-electron chi connectivity index (χ2n) is 9.43. The highest BCUT2D eigenvalue weighted by Crippen LogP contribution is 2.42. The van der Waals surface area contributed by atoms with Crippen molar-refractivity contribution in [2.45, 2.75) is 67.7 Å². The van der Waals surface area contributed by atoms with Crippen molar-refractivity contribution in [3.05, 3.63) is 71.0 Å². The molecule has 0 amide bonds. The standard InChI is InChI=1S/C27H42N2/c1-11-12-13-14-20(6)25(24(18(2)3)19(4)5)21(7)26(28)22-17-27(8,9)16-15-23(22)29-10/h11-14,18,25H,6-7,15-17,28H2,1-5,8-10H3/b12-11-,14-13-,26-22+,29-23?. The summed E-state index contributed by atoms with van der Waals surface area (Å²) >= 11 is 0. The lowest BCUT2D eigenvalue weighted by molar-refractivity contribution is 0.329. The lowest BCUT2D eigenvalue weighted by Crippen LogP contribution is -2.28. The Balaban J connectivity index is 3.57. The van der Waals surface area contributed by atoms with Crippen molar-refractivity contribution in [1.82, 2.24) is 0 Å². The number of hydrogen-bond acceptors (Lipinski definition) is 2. The molecular formula is C27H42N2. The van der Waals surface area contributed by atoms with Gasteiger partial charge in [-0.3, -0.25) is 4.99 Å². The van der Waals surface area contributed by atoms with Crippen LogP contribution in [0.2, 0.25) is 0 Å². The van der Waals surface area contributed by atoms with Crippen LogP contribution in [0.1, 0.15) is 67.7 Å². The Kier molecular flexibility index (Phi) is 9.14. The van der Waals surface area contributed by atoms with Crippen molar-refractivity contribution in [1.29, 1.82) is 0 Å². The van der Waals surface area contributed by atoms with Gasteiger partial charge in [0.2, 0.25) is 0 Å². The number of allylic oxidation sites excluding steroid dienone is 9. The molecule has 0 aromatic rings. The van der Waals surface area contributed by atoms with Crippen LogP contribution in [-0.4, -0.2) is 12.8 Å². The van der Waals surface area contributed by atoms with Gasteiger partial charge >= 0.3 is 0 Å². The Hall–Kier alpha value is -2.09. The summed E-state index contributed by atoms with van der Waals surface area (Å²) in [7, 11) is 1.87. The molecule has 0 bridgehead atoms. The van der Waals surface area contributed by atoms with Gasteiger partial charge in [0, 0.05) is 24.4 Å². The Morgan fingerprint density at radius 1 is 1.17 bits per heavy atom. The number of aliphatic imine (C=N–C) groups is 1. The zero-order valence-corrected chi connectivity index (χ0v) is 20.0. The first-order valence-corrected chi connectivity index (χ1v) is 10.8. The molecule has 0 aliphatic heterocycles. The van der Waals surface area contributed by atoms with Crippen LogP contribution in [0.15, 0.2) is 76.0 Å². The topological polar surface area (TPSA) is 38.4 Å². The molecule has 1 fully saturated rings. The van der Waals surface area contributed by atoms with Crippen molar-refractivity contribution in [2.24, 2.45) is 28.0 Å². The molecule has 1 saturated carbocycles. The molecule has 1 rings (SSSR count). The molecule has 29 heavy (non-hydrogen) atoms. The van der Waals surface area contributed by atoms with Gasteiger partial charge in [-0.2, -0.15) is 0 Å². The van der Waals surface area contributed by atoms with E-state index >= 15 is 0 Å². The molecule has 2 nitrogen and oxygen atoms in total. The molecule has 2 heteroatoms. The van der Waals surface area contributed by atoms with Gasteiger partial charge in [-0.05, 0) is 68.1 Å². The maximum Gasteiger partial charge on any atom is 0.0401 e. The summed E-state index contributed by atoms with van der Waals surface area (Å²) in [6.07, 6.45) is 11.2. The van der Waals surface area contributed by atoms with Gasteiger partial charge in [0.15, 0.2) is 0 Å².